The second-order valence-corrected chi connectivity index (χ2v) is 9.13. The zero-order valence-electron chi connectivity index (χ0n) is 19.0. The van der Waals surface area contributed by atoms with Crippen molar-refractivity contribution in [2.45, 2.75) is 43.6 Å². The normalized spacial score (nSPS) is 20.0. The molecule has 5 rings (SSSR count). The van der Waals surface area contributed by atoms with Crippen molar-refractivity contribution in [3.8, 4) is 5.75 Å². The Kier molecular flexibility index (Phi) is 6.29. The van der Waals surface area contributed by atoms with Gasteiger partial charge in [-0.2, -0.15) is 9.78 Å². The molecule has 1 aliphatic rings. The summed E-state index contributed by atoms with van der Waals surface area (Å²) < 4.78 is 27.0. The minimum absolute atomic E-state index is 0.0253. The predicted molar refractivity (Wildman–Crippen MR) is 128 cm³/mol. The second kappa shape index (κ2) is 9.53. The lowest BCUT2D eigenvalue weighted by Gasteiger charge is -2.37. The molecule has 1 fully saturated rings. The Morgan fingerprint density at radius 3 is 2.74 bits per heavy atom. The van der Waals surface area contributed by atoms with Gasteiger partial charge in [-0.05, 0) is 49.9 Å². The molecule has 35 heavy (non-hydrogen) atoms. The van der Waals surface area contributed by atoms with Gasteiger partial charge in [0.25, 0.3) is 0 Å². The van der Waals surface area contributed by atoms with Crippen LogP contribution in [0, 0.1) is 5.82 Å². The molecular weight excluding hydrogens is 475 g/mol. The summed E-state index contributed by atoms with van der Waals surface area (Å²) >= 11 is 5.90. The number of hydrogen-bond donors (Lipinski definition) is 2. The zero-order valence-corrected chi connectivity index (χ0v) is 19.8. The van der Waals surface area contributed by atoms with Gasteiger partial charge >= 0.3 is 5.76 Å². The lowest BCUT2D eigenvalue weighted by molar-refractivity contribution is 0.0989. The number of anilines is 2. The Morgan fingerprint density at radius 2 is 2.03 bits per heavy atom. The van der Waals surface area contributed by atoms with Crippen LogP contribution in [0.5, 0.6) is 5.75 Å². The maximum absolute atomic E-state index is 14.3. The highest BCUT2D eigenvalue weighted by molar-refractivity contribution is 6.30. The Hall–Kier alpha value is -3.66. The summed E-state index contributed by atoms with van der Waals surface area (Å²) in [7, 11) is 1.56. The molecular formula is C24H24ClFN6O3. The first-order valence-electron chi connectivity index (χ1n) is 11.3. The van der Waals surface area contributed by atoms with Gasteiger partial charge in [0.2, 0.25) is 5.89 Å². The number of H-pyrrole nitrogens is 1. The van der Waals surface area contributed by atoms with Gasteiger partial charge < -0.3 is 14.5 Å². The monoisotopic (exact) mass is 498 g/mol. The highest BCUT2D eigenvalue weighted by Gasteiger charge is 2.43. The lowest BCUT2D eigenvalue weighted by atomic mass is 9.70. The van der Waals surface area contributed by atoms with Gasteiger partial charge in [0.05, 0.1) is 16.5 Å². The summed E-state index contributed by atoms with van der Waals surface area (Å²) in [5.41, 5.74) is 0.268. The van der Waals surface area contributed by atoms with Crippen LogP contribution in [0.15, 0.2) is 57.9 Å². The van der Waals surface area contributed by atoms with Gasteiger partial charge in [-0.1, -0.05) is 23.7 Å². The van der Waals surface area contributed by atoms with Crippen LogP contribution in [-0.2, 0) is 18.9 Å². The fourth-order valence-electron chi connectivity index (χ4n) is 4.50. The Balaban J connectivity index is 1.37. The number of benzene rings is 1. The van der Waals surface area contributed by atoms with Crippen molar-refractivity contribution in [3.63, 3.8) is 0 Å². The smallest absolute Gasteiger partial charge is 0.436 e. The molecule has 182 valence electrons. The molecule has 0 radical (unpaired) electrons. The molecule has 0 atom stereocenters. The fourth-order valence-corrected chi connectivity index (χ4v) is 4.66. The standard InChI is InChI=1S/C24H24ClFN6O3/c1-32-23(33)35-22(31-32)24(14-15-4-2-7-19(28-15)29-20-10-13-27-30-20)11-8-16(9-12-24)34-18-6-3-5-17(25)21(18)26/h2-7,10,13,16H,8-9,11-12,14H2,1H3,(H2,27,28,29,30)/t16-,24-. The molecule has 0 amide bonds. The topological polar surface area (TPSA) is 111 Å². The average molecular weight is 499 g/mol. The van der Waals surface area contributed by atoms with Crippen LogP contribution < -0.4 is 15.8 Å². The van der Waals surface area contributed by atoms with E-state index >= 15 is 0 Å². The number of ether oxygens (including phenoxy) is 1. The quantitative estimate of drug-likeness (QED) is 0.385. The van der Waals surface area contributed by atoms with Crippen LogP contribution in [0.3, 0.4) is 0 Å². The number of aryl methyl sites for hydroxylation is 1. The van der Waals surface area contributed by atoms with E-state index in [0.29, 0.717) is 49.6 Å². The number of hydrogen-bond acceptors (Lipinski definition) is 7. The molecule has 3 aromatic heterocycles. The van der Waals surface area contributed by atoms with Crippen molar-refractivity contribution in [2.75, 3.05) is 5.32 Å². The third-order valence-corrected chi connectivity index (χ3v) is 6.62. The molecule has 0 spiro atoms. The van der Waals surface area contributed by atoms with E-state index in [4.69, 9.17) is 25.7 Å². The molecule has 4 aromatic rings. The number of nitrogens with zero attached hydrogens (tertiary/aromatic N) is 4. The van der Waals surface area contributed by atoms with Crippen LogP contribution in [0.25, 0.3) is 0 Å². The molecule has 1 saturated carbocycles. The van der Waals surface area contributed by atoms with E-state index in [0.717, 1.165) is 5.69 Å². The van der Waals surface area contributed by atoms with Crippen molar-refractivity contribution in [2.24, 2.45) is 7.05 Å². The molecule has 1 aliphatic carbocycles. The largest absolute Gasteiger partial charge is 0.487 e. The number of aromatic amines is 1. The van der Waals surface area contributed by atoms with Gasteiger partial charge in [-0.15, -0.1) is 5.10 Å². The number of rotatable bonds is 7. The highest BCUT2D eigenvalue weighted by atomic mass is 35.5. The van der Waals surface area contributed by atoms with Crippen molar-refractivity contribution >= 4 is 23.2 Å². The van der Waals surface area contributed by atoms with Crippen molar-refractivity contribution in [3.05, 3.63) is 81.6 Å². The minimum Gasteiger partial charge on any atom is -0.487 e. The van der Waals surface area contributed by atoms with Gasteiger partial charge in [0.15, 0.2) is 17.4 Å². The van der Waals surface area contributed by atoms with Gasteiger partial charge in [0.1, 0.15) is 5.82 Å². The van der Waals surface area contributed by atoms with E-state index in [1.807, 2.05) is 24.3 Å². The first-order valence-corrected chi connectivity index (χ1v) is 11.7. The minimum atomic E-state index is -0.563. The first-order chi connectivity index (χ1) is 16.9. The van der Waals surface area contributed by atoms with Crippen LogP contribution in [0.4, 0.5) is 16.0 Å². The highest BCUT2D eigenvalue weighted by Crippen LogP contribution is 2.42. The summed E-state index contributed by atoms with van der Waals surface area (Å²) in [5, 5.41) is 14.4. The molecule has 1 aromatic carbocycles. The molecule has 0 saturated heterocycles. The van der Waals surface area contributed by atoms with Gasteiger partial charge in [0, 0.05) is 31.4 Å². The first kappa shape index (κ1) is 23.1. The molecule has 3 heterocycles. The third kappa shape index (κ3) is 4.93. The van der Waals surface area contributed by atoms with E-state index in [1.165, 1.54) is 10.7 Å². The molecule has 0 unspecified atom stereocenters. The summed E-state index contributed by atoms with van der Waals surface area (Å²) in [6.07, 6.45) is 4.53. The number of aromatic nitrogens is 5. The molecule has 11 heteroatoms. The Bertz CT molecular complexity index is 1360. The van der Waals surface area contributed by atoms with Gasteiger partial charge in [-0.3, -0.25) is 5.10 Å². The summed E-state index contributed by atoms with van der Waals surface area (Å²) in [4.78, 5) is 16.8. The number of nitrogens with one attached hydrogen (secondary N) is 2. The van der Waals surface area contributed by atoms with E-state index in [9.17, 15) is 9.18 Å². The van der Waals surface area contributed by atoms with E-state index in [-0.39, 0.29) is 16.9 Å². The van der Waals surface area contributed by atoms with Gasteiger partial charge in [-0.25, -0.2) is 14.2 Å². The maximum atomic E-state index is 14.3. The number of pyridine rings is 1. The van der Waals surface area contributed by atoms with E-state index in [2.05, 4.69) is 20.6 Å². The lowest BCUT2D eigenvalue weighted by Crippen LogP contribution is -2.38. The molecule has 0 bridgehead atoms. The van der Waals surface area contributed by atoms with Crippen molar-refractivity contribution in [1.29, 1.82) is 0 Å². The van der Waals surface area contributed by atoms with Crippen LogP contribution in [0.1, 0.15) is 37.3 Å². The summed E-state index contributed by atoms with van der Waals surface area (Å²) in [6.45, 7) is 0. The fraction of sp³-hybridized carbons (Fsp3) is 0.333. The van der Waals surface area contributed by atoms with E-state index in [1.54, 1.807) is 25.4 Å². The average Bonchev–Trinajstić information content (AvgIpc) is 3.48. The molecule has 2 N–H and O–H groups in total. The third-order valence-electron chi connectivity index (χ3n) is 6.33. The second-order valence-electron chi connectivity index (χ2n) is 8.72. The SMILES string of the molecule is Cn1nc([C@]2(Cc3cccc(Nc4cc[nH]n4)n3)CC[C@@H](Oc3cccc(Cl)c3F)CC2)oc1=O. The summed E-state index contributed by atoms with van der Waals surface area (Å²) in [5.74, 6) is 0.752. The zero-order chi connectivity index (χ0) is 24.4. The Morgan fingerprint density at radius 1 is 1.23 bits per heavy atom. The maximum Gasteiger partial charge on any atom is 0.436 e. The van der Waals surface area contributed by atoms with Crippen LogP contribution >= 0.6 is 11.6 Å². The van der Waals surface area contributed by atoms with Crippen molar-refractivity contribution < 1.29 is 13.5 Å². The molecule has 0 aliphatic heterocycles. The van der Waals surface area contributed by atoms with Crippen molar-refractivity contribution in [1.82, 2.24) is 25.0 Å². The predicted octanol–water partition coefficient (Wildman–Crippen LogP) is 4.53. The van der Waals surface area contributed by atoms with E-state index < -0.39 is 17.0 Å². The molecule has 9 nitrogen and oxygen atoms in total. The van der Waals surface area contributed by atoms with Crippen LogP contribution in [0.2, 0.25) is 5.02 Å². The van der Waals surface area contributed by atoms with Crippen LogP contribution in [-0.4, -0.2) is 31.1 Å². The Labute approximate surface area is 205 Å². The number of halogens is 2. The summed E-state index contributed by atoms with van der Waals surface area (Å²) in [6, 6.07) is 12.2.